The average Bonchev–Trinajstić information content (AvgIpc) is 3.69. The van der Waals surface area contributed by atoms with Gasteiger partial charge in [-0.05, 0) is 73.2 Å². The molecule has 1 aliphatic heterocycles. The van der Waals surface area contributed by atoms with E-state index in [-0.39, 0.29) is 28.7 Å². The zero-order chi connectivity index (χ0) is 25.4. The molecule has 5 rings (SSSR count). The summed E-state index contributed by atoms with van der Waals surface area (Å²) in [5, 5.41) is 31.6. The largest absolute Gasteiger partial charge is 0.507 e. The number of fused-ring (bicyclic) bond motifs is 1. The molecule has 8 nitrogen and oxygen atoms in total. The number of benzene rings is 3. The number of rotatable bonds is 4. The lowest BCUT2D eigenvalue weighted by Crippen LogP contribution is -2.17. The van der Waals surface area contributed by atoms with Crippen LogP contribution in [0.1, 0.15) is 57.1 Å². The minimum Gasteiger partial charge on any atom is -0.507 e. The van der Waals surface area contributed by atoms with Gasteiger partial charge in [0.15, 0.2) is 0 Å². The molecule has 0 aromatic heterocycles. The van der Waals surface area contributed by atoms with Gasteiger partial charge in [-0.15, -0.1) is 4.91 Å². The fourth-order valence-corrected chi connectivity index (χ4v) is 3.97. The molecule has 1 heterocycles. The van der Waals surface area contributed by atoms with Crippen LogP contribution in [-0.4, -0.2) is 27.7 Å². The number of aliphatic hydroxyl groups excluding tert-OH is 1. The zero-order valence-electron chi connectivity index (χ0n) is 19.3. The number of nitrogens with zero attached hydrogens (tertiary/aromatic N) is 2. The van der Waals surface area contributed by atoms with Gasteiger partial charge in [0.1, 0.15) is 17.2 Å². The molecule has 0 bridgehead atoms. The SMILES string of the molecule is Cc1ccc(OC2=Nc3cc(C#Cc4ccc(C(O)C5CC5)cc4)c(O)cc3C2=N)cc1C(=O)N=O. The van der Waals surface area contributed by atoms with Crippen molar-refractivity contribution in [1.82, 2.24) is 0 Å². The van der Waals surface area contributed by atoms with Crippen LogP contribution in [0.4, 0.5) is 5.69 Å². The van der Waals surface area contributed by atoms with E-state index in [0.29, 0.717) is 28.3 Å². The van der Waals surface area contributed by atoms with E-state index in [1.165, 1.54) is 12.1 Å². The first-order chi connectivity index (χ1) is 17.3. The Hall–Kier alpha value is -4.61. The molecular formula is C28H21N3O5. The fourth-order valence-electron chi connectivity index (χ4n) is 3.97. The van der Waals surface area contributed by atoms with Crippen LogP contribution in [-0.2, 0) is 0 Å². The predicted molar refractivity (Wildman–Crippen MR) is 134 cm³/mol. The summed E-state index contributed by atoms with van der Waals surface area (Å²) in [5.41, 5.74) is 3.38. The third kappa shape index (κ3) is 4.52. The lowest BCUT2D eigenvalue weighted by Gasteiger charge is -2.08. The highest BCUT2D eigenvalue weighted by Gasteiger charge is 2.30. The lowest BCUT2D eigenvalue weighted by atomic mass is 10.0. The van der Waals surface area contributed by atoms with E-state index in [4.69, 9.17) is 10.1 Å². The Kier molecular flexibility index (Phi) is 5.92. The number of nitroso groups, excluding NO2 is 1. The molecule has 3 N–H and O–H groups in total. The Labute approximate surface area is 206 Å². The van der Waals surface area contributed by atoms with Crippen molar-refractivity contribution in [3.05, 3.63) is 92.9 Å². The summed E-state index contributed by atoms with van der Waals surface area (Å²) in [5.74, 6) is 5.49. The number of ether oxygens (including phenoxy) is 1. The highest BCUT2D eigenvalue weighted by atomic mass is 16.5. The van der Waals surface area contributed by atoms with Crippen LogP contribution < -0.4 is 4.74 Å². The van der Waals surface area contributed by atoms with Gasteiger partial charge in [0.05, 0.1) is 22.9 Å². The van der Waals surface area contributed by atoms with E-state index in [1.807, 2.05) is 24.3 Å². The smallest absolute Gasteiger partial charge is 0.317 e. The molecule has 0 saturated heterocycles. The molecule has 1 saturated carbocycles. The first-order valence-electron chi connectivity index (χ1n) is 11.4. The maximum absolute atomic E-state index is 11.7. The Morgan fingerprint density at radius 1 is 1.14 bits per heavy atom. The second-order valence-corrected chi connectivity index (χ2v) is 8.81. The van der Waals surface area contributed by atoms with Gasteiger partial charge >= 0.3 is 5.91 Å². The fraction of sp³-hybridized carbons (Fsp3) is 0.179. The van der Waals surface area contributed by atoms with E-state index >= 15 is 0 Å². The number of aromatic hydroxyl groups is 1. The summed E-state index contributed by atoms with van der Waals surface area (Å²) >= 11 is 0. The van der Waals surface area contributed by atoms with Crippen molar-refractivity contribution in [3.63, 3.8) is 0 Å². The van der Waals surface area contributed by atoms with Crippen molar-refractivity contribution in [2.24, 2.45) is 16.1 Å². The lowest BCUT2D eigenvalue weighted by molar-refractivity contribution is 0.1000. The van der Waals surface area contributed by atoms with Crippen molar-refractivity contribution in [2.75, 3.05) is 0 Å². The molecule has 3 aromatic carbocycles. The summed E-state index contributed by atoms with van der Waals surface area (Å²) in [4.78, 5) is 26.7. The predicted octanol–water partition coefficient (Wildman–Crippen LogP) is 4.94. The molecule has 0 spiro atoms. The number of aryl methyl sites for hydroxylation is 1. The first-order valence-corrected chi connectivity index (χ1v) is 11.4. The van der Waals surface area contributed by atoms with Crippen LogP contribution in [0.15, 0.2) is 64.8 Å². The normalized spacial score (nSPS) is 14.8. The summed E-state index contributed by atoms with van der Waals surface area (Å²) in [7, 11) is 0. The average molecular weight is 479 g/mol. The third-order valence-corrected chi connectivity index (χ3v) is 6.22. The number of carbonyl (C=O) groups is 1. The molecule has 1 fully saturated rings. The number of carbonyl (C=O) groups excluding carboxylic acids is 1. The van der Waals surface area contributed by atoms with Gasteiger partial charge in [-0.3, -0.25) is 10.2 Å². The highest BCUT2D eigenvalue weighted by Crippen LogP contribution is 2.40. The number of aliphatic hydroxyl groups is 1. The second kappa shape index (κ2) is 9.21. The van der Waals surface area contributed by atoms with Crippen molar-refractivity contribution in [3.8, 4) is 23.3 Å². The van der Waals surface area contributed by atoms with Gasteiger partial charge in [-0.25, -0.2) is 4.99 Å². The van der Waals surface area contributed by atoms with E-state index in [9.17, 15) is 19.9 Å². The van der Waals surface area contributed by atoms with Crippen LogP contribution in [0.5, 0.6) is 11.5 Å². The van der Waals surface area contributed by atoms with Crippen LogP contribution >= 0.6 is 0 Å². The Balaban J connectivity index is 1.37. The third-order valence-electron chi connectivity index (χ3n) is 6.22. The first kappa shape index (κ1) is 23.1. The van der Waals surface area contributed by atoms with Gasteiger partial charge < -0.3 is 14.9 Å². The van der Waals surface area contributed by atoms with Gasteiger partial charge in [-0.1, -0.05) is 30.0 Å². The summed E-state index contributed by atoms with van der Waals surface area (Å²) in [6.07, 6.45) is 1.67. The Morgan fingerprint density at radius 3 is 2.58 bits per heavy atom. The number of phenolic OH excluding ortho intramolecular Hbond substituents is 1. The van der Waals surface area contributed by atoms with Gasteiger partial charge in [0.2, 0.25) is 5.90 Å². The van der Waals surface area contributed by atoms with Crippen molar-refractivity contribution >= 4 is 23.2 Å². The van der Waals surface area contributed by atoms with Crippen LogP contribution in [0, 0.1) is 35.0 Å². The molecule has 2 aliphatic rings. The molecular weight excluding hydrogens is 458 g/mol. The Bertz CT molecular complexity index is 1510. The van der Waals surface area contributed by atoms with E-state index in [0.717, 1.165) is 24.0 Å². The molecule has 0 radical (unpaired) electrons. The van der Waals surface area contributed by atoms with E-state index in [2.05, 4.69) is 22.0 Å². The number of phenols is 1. The minimum absolute atomic E-state index is 0.0133. The van der Waals surface area contributed by atoms with E-state index in [1.54, 1.807) is 25.1 Å². The molecule has 3 aromatic rings. The van der Waals surface area contributed by atoms with Crippen LogP contribution in [0.2, 0.25) is 0 Å². The topological polar surface area (TPSA) is 132 Å². The number of hydrogen-bond donors (Lipinski definition) is 3. The molecule has 1 aliphatic carbocycles. The van der Waals surface area contributed by atoms with Crippen molar-refractivity contribution < 1.29 is 19.7 Å². The highest BCUT2D eigenvalue weighted by molar-refractivity contribution is 6.48. The standard InChI is InChI=1S/C28H21N3O5/c1-15-2-11-20(13-21(15)27(34)31-35)36-28-25(29)22-14-24(32)19(12-23(22)30-28)8-5-16-3-6-17(7-4-16)26(33)18-9-10-18/h2-4,6-7,11-14,18,26,29,32-33H,9-10H2,1H3. The van der Waals surface area contributed by atoms with Crippen LogP contribution in [0.3, 0.4) is 0 Å². The molecule has 36 heavy (non-hydrogen) atoms. The monoisotopic (exact) mass is 479 g/mol. The van der Waals surface area contributed by atoms with Crippen molar-refractivity contribution in [2.45, 2.75) is 25.9 Å². The number of hydrogen-bond acceptors (Lipinski definition) is 7. The van der Waals surface area contributed by atoms with Crippen LogP contribution in [0.25, 0.3) is 0 Å². The summed E-state index contributed by atoms with van der Waals surface area (Å²) in [6, 6.07) is 15.0. The molecule has 1 atom stereocenters. The molecule has 178 valence electrons. The minimum atomic E-state index is -0.911. The van der Waals surface area contributed by atoms with Gasteiger partial charge in [0, 0.05) is 16.3 Å². The maximum atomic E-state index is 11.7. The maximum Gasteiger partial charge on any atom is 0.317 e. The summed E-state index contributed by atoms with van der Waals surface area (Å²) < 4.78 is 5.71. The second-order valence-electron chi connectivity index (χ2n) is 8.81. The van der Waals surface area contributed by atoms with Gasteiger partial charge in [0.25, 0.3) is 0 Å². The number of aliphatic imine (C=N–C) groups is 1. The summed E-state index contributed by atoms with van der Waals surface area (Å²) in [6.45, 7) is 1.67. The van der Waals surface area contributed by atoms with Crippen molar-refractivity contribution in [1.29, 1.82) is 5.41 Å². The zero-order valence-corrected chi connectivity index (χ0v) is 19.3. The number of nitrogens with one attached hydrogen (secondary N) is 1. The molecule has 1 amide bonds. The van der Waals surface area contributed by atoms with Gasteiger partial charge in [-0.2, -0.15) is 0 Å². The molecule has 8 heteroatoms. The Morgan fingerprint density at radius 2 is 1.89 bits per heavy atom. The van der Waals surface area contributed by atoms with E-state index < -0.39 is 12.0 Å². The molecule has 1 unspecified atom stereocenters. The number of amides is 1. The quantitative estimate of drug-likeness (QED) is 0.360.